The normalized spacial score (nSPS) is 16.0. The van der Waals surface area contributed by atoms with Gasteiger partial charge in [0.15, 0.2) is 11.5 Å². The van der Waals surface area contributed by atoms with Crippen molar-refractivity contribution < 1.29 is 29.0 Å². The third-order valence-corrected chi connectivity index (χ3v) is 4.76. The molecule has 1 aromatic rings. The van der Waals surface area contributed by atoms with E-state index in [2.05, 4.69) is 0 Å². The van der Waals surface area contributed by atoms with Crippen LogP contribution < -0.4 is 4.74 Å². The number of ether oxygens (including phenoxy) is 2. The van der Waals surface area contributed by atoms with Crippen LogP contribution in [-0.4, -0.2) is 47.4 Å². The Hall–Kier alpha value is -1.75. The number of amides is 2. The second-order valence-corrected chi connectivity index (χ2v) is 6.78. The first-order chi connectivity index (χ1) is 11.4. The summed E-state index contributed by atoms with van der Waals surface area (Å²) < 4.78 is 10.4. The van der Waals surface area contributed by atoms with E-state index in [1.807, 2.05) is 22.6 Å². The number of thioether (sulfide) groups is 1. The zero-order valence-corrected chi connectivity index (χ0v) is 15.8. The van der Waals surface area contributed by atoms with Crippen molar-refractivity contribution in [2.45, 2.75) is 6.92 Å². The van der Waals surface area contributed by atoms with E-state index >= 15 is 0 Å². The number of hydrogen-bond acceptors (Lipinski definition) is 7. The van der Waals surface area contributed by atoms with Crippen LogP contribution in [0.3, 0.4) is 0 Å². The molecule has 0 aliphatic carbocycles. The molecule has 1 aliphatic heterocycles. The van der Waals surface area contributed by atoms with Crippen LogP contribution in [0.2, 0.25) is 0 Å². The number of methoxy groups -OCH3 is 1. The Balaban J connectivity index is 2.26. The van der Waals surface area contributed by atoms with Crippen molar-refractivity contribution in [3.05, 3.63) is 26.2 Å². The summed E-state index contributed by atoms with van der Waals surface area (Å²) in [6.45, 7) is 1.41. The number of carbonyl (C=O) groups excluding carboxylic acids is 3. The fourth-order valence-electron chi connectivity index (χ4n) is 1.96. The minimum Gasteiger partial charge on any atom is -0.504 e. The van der Waals surface area contributed by atoms with Crippen LogP contribution >= 0.6 is 34.4 Å². The number of carbonyl (C=O) groups is 3. The van der Waals surface area contributed by atoms with Crippen molar-refractivity contribution in [3.63, 3.8) is 0 Å². The van der Waals surface area contributed by atoms with Gasteiger partial charge in [-0.15, -0.1) is 0 Å². The molecule has 9 heteroatoms. The minimum absolute atomic E-state index is 0.00525. The fourth-order valence-corrected chi connectivity index (χ4v) is 3.42. The van der Waals surface area contributed by atoms with Gasteiger partial charge in [-0.3, -0.25) is 19.3 Å². The maximum Gasteiger partial charge on any atom is 0.326 e. The lowest BCUT2D eigenvalue weighted by Crippen LogP contribution is -2.34. The highest BCUT2D eigenvalue weighted by molar-refractivity contribution is 14.1. The SMILES string of the molecule is CCOC(=O)CN1C(=O)S/C(=C\c2cc(I)c(O)c(OC)c2)C1=O. The molecule has 1 fully saturated rings. The van der Waals surface area contributed by atoms with Gasteiger partial charge in [-0.2, -0.15) is 0 Å². The molecule has 1 aromatic carbocycles. The number of rotatable bonds is 5. The summed E-state index contributed by atoms with van der Waals surface area (Å²) in [4.78, 5) is 36.7. The lowest BCUT2D eigenvalue weighted by atomic mass is 10.2. The van der Waals surface area contributed by atoms with E-state index in [0.29, 0.717) is 9.13 Å². The quantitative estimate of drug-likeness (QED) is 0.408. The van der Waals surface area contributed by atoms with Gasteiger partial charge in [-0.05, 0) is 65.0 Å². The Morgan fingerprint density at radius 1 is 1.42 bits per heavy atom. The minimum atomic E-state index is -0.637. The van der Waals surface area contributed by atoms with E-state index in [0.717, 1.165) is 16.7 Å². The molecule has 0 saturated carbocycles. The van der Waals surface area contributed by atoms with E-state index in [4.69, 9.17) is 9.47 Å². The van der Waals surface area contributed by atoms with Crippen molar-refractivity contribution in [2.75, 3.05) is 20.3 Å². The van der Waals surface area contributed by atoms with E-state index in [1.165, 1.54) is 13.2 Å². The zero-order valence-electron chi connectivity index (χ0n) is 12.9. The zero-order chi connectivity index (χ0) is 17.9. The number of phenolic OH excluding ortho intramolecular Hbond substituents is 1. The van der Waals surface area contributed by atoms with E-state index in [9.17, 15) is 19.5 Å². The van der Waals surface area contributed by atoms with Crippen LogP contribution in [0.15, 0.2) is 17.0 Å². The van der Waals surface area contributed by atoms with Crippen LogP contribution in [0.25, 0.3) is 6.08 Å². The van der Waals surface area contributed by atoms with Crippen molar-refractivity contribution in [2.24, 2.45) is 0 Å². The molecule has 1 N–H and O–H groups in total. The number of aromatic hydroxyl groups is 1. The van der Waals surface area contributed by atoms with Crippen molar-refractivity contribution in [1.82, 2.24) is 4.90 Å². The molecule has 7 nitrogen and oxygen atoms in total. The van der Waals surface area contributed by atoms with Crippen LogP contribution in [0.5, 0.6) is 11.5 Å². The molecule has 0 spiro atoms. The standard InChI is InChI=1S/C15H14INO6S/c1-3-23-12(18)7-17-14(20)11(24-15(17)21)6-8-4-9(16)13(19)10(5-8)22-2/h4-6,19H,3,7H2,1-2H3/b11-6-. The van der Waals surface area contributed by atoms with Gasteiger partial charge in [0.1, 0.15) is 6.54 Å². The summed E-state index contributed by atoms with van der Waals surface area (Å²) in [5.41, 5.74) is 0.593. The number of halogens is 1. The molecule has 2 rings (SSSR count). The summed E-state index contributed by atoms with van der Waals surface area (Å²) >= 11 is 2.68. The molecule has 0 bridgehead atoms. The lowest BCUT2D eigenvalue weighted by Gasteiger charge is -2.10. The molecule has 1 aliphatic rings. The van der Waals surface area contributed by atoms with Crippen LogP contribution in [0.1, 0.15) is 12.5 Å². The van der Waals surface area contributed by atoms with Crippen LogP contribution in [0, 0.1) is 3.57 Å². The largest absolute Gasteiger partial charge is 0.504 e. The van der Waals surface area contributed by atoms with Gasteiger partial charge in [-0.25, -0.2) is 0 Å². The first-order valence-corrected chi connectivity index (χ1v) is 8.74. The summed E-state index contributed by atoms with van der Waals surface area (Å²) in [6.07, 6.45) is 1.51. The average Bonchev–Trinajstić information content (AvgIpc) is 2.78. The molecule has 2 amide bonds. The van der Waals surface area contributed by atoms with Gasteiger partial charge in [-0.1, -0.05) is 0 Å². The number of benzene rings is 1. The maximum absolute atomic E-state index is 12.3. The van der Waals surface area contributed by atoms with Gasteiger partial charge in [0, 0.05) is 0 Å². The smallest absolute Gasteiger partial charge is 0.326 e. The van der Waals surface area contributed by atoms with E-state index < -0.39 is 23.7 Å². The van der Waals surface area contributed by atoms with Gasteiger partial charge < -0.3 is 14.6 Å². The van der Waals surface area contributed by atoms with Gasteiger partial charge in [0.25, 0.3) is 11.1 Å². The molecule has 0 atom stereocenters. The Labute approximate surface area is 156 Å². The highest BCUT2D eigenvalue weighted by Crippen LogP contribution is 2.36. The third-order valence-electron chi connectivity index (χ3n) is 3.03. The topological polar surface area (TPSA) is 93.1 Å². The second-order valence-electron chi connectivity index (χ2n) is 4.63. The van der Waals surface area contributed by atoms with Crippen molar-refractivity contribution >= 4 is 57.5 Å². The summed E-state index contributed by atoms with van der Waals surface area (Å²) in [5.74, 6) is -0.924. The summed E-state index contributed by atoms with van der Waals surface area (Å²) in [5, 5.41) is 9.30. The van der Waals surface area contributed by atoms with Crippen molar-refractivity contribution in [3.8, 4) is 11.5 Å². The Morgan fingerprint density at radius 2 is 2.12 bits per heavy atom. The highest BCUT2D eigenvalue weighted by atomic mass is 127. The number of hydrogen-bond donors (Lipinski definition) is 1. The lowest BCUT2D eigenvalue weighted by molar-refractivity contribution is -0.145. The Morgan fingerprint density at radius 3 is 2.75 bits per heavy atom. The molecule has 0 aromatic heterocycles. The molecular formula is C15H14INO6S. The Kier molecular flexibility index (Phi) is 6.10. The maximum atomic E-state index is 12.3. The molecule has 1 heterocycles. The predicted molar refractivity (Wildman–Crippen MR) is 96.7 cm³/mol. The third kappa shape index (κ3) is 4.01. The van der Waals surface area contributed by atoms with Crippen LogP contribution in [-0.2, 0) is 14.3 Å². The van der Waals surface area contributed by atoms with Gasteiger partial charge in [0.05, 0.1) is 22.2 Å². The monoisotopic (exact) mass is 463 g/mol. The van der Waals surface area contributed by atoms with E-state index in [-0.39, 0.29) is 23.0 Å². The first kappa shape index (κ1) is 18.6. The Bertz CT molecular complexity index is 733. The predicted octanol–water partition coefficient (Wildman–Crippen LogP) is 2.60. The van der Waals surface area contributed by atoms with Gasteiger partial charge in [0.2, 0.25) is 0 Å². The van der Waals surface area contributed by atoms with Crippen molar-refractivity contribution in [1.29, 1.82) is 0 Å². The second kappa shape index (κ2) is 7.88. The van der Waals surface area contributed by atoms with E-state index in [1.54, 1.807) is 19.1 Å². The number of imide groups is 1. The molecule has 128 valence electrons. The number of phenols is 1. The number of nitrogens with zero attached hydrogens (tertiary/aromatic N) is 1. The molecule has 0 radical (unpaired) electrons. The summed E-state index contributed by atoms with van der Waals surface area (Å²) in [6, 6.07) is 3.20. The number of esters is 1. The van der Waals surface area contributed by atoms with Gasteiger partial charge >= 0.3 is 5.97 Å². The highest BCUT2D eigenvalue weighted by Gasteiger charge is 2.36. The fraction of sp³-hybridized carbons (Fsp3) is 0.267. The molecule has 24 heavy (non-hydrogen) atoms. The first-order valence-electron chi connectivity index (χ1n) is 6.84. The summed E-state index contributed by atoms with van der Waals surface area (Å²) in [7, 11) is 1.42. The van der Waals surface area contributed by atoms with Crippen LogP contribution in [0.4, 0.5) is 4.79 Å². The molecule has 1 saturated heterocycles. The molecular weight excluding hydrogens is 449 g/mol. The molecule has 0 unspecified atom stereocenters. The average molecular weight is 463 g/mol.